The van der Waals surface area contributed by atoms with Gasteiger partial charge in [0, 0.05) is 24.2 Å². The number of hydrogen-bond acceptors (Lipinski definition) is 3. The van der Waals surface area contributed by atoms with Gasteiger partial charge in [0.25, 0.3) is 5.91 Å². The Hall–Kier alpha value is -2.46. The Labute approximate surface area is 141 Å². The van der Waals surface area contributed by atoms with E-state index in [9.17, 15) is 9.90 Å². The fraction of sp³-hybridized carbons (Fsp3) is 0.300. The van der Waals surface area contributed by atoms with E-state index in [1.807, 2.05) is 56.3 Å². The molecule has 0 fully saturated rings. The van der Waals surface area contributed by atoms with Crippen LogP contribution < -0.4 is 5.32 Å². The van der Waals surface area contributed by atoms with Gasteiger partial charge in [-0.15, -0.1) is 0 Å². The first-order valence-electron chi connectivity index (χ1n) is 8.30. The number of nitrogens with zero attached hydrogens (tertiary/aromatic N) is 1. The van der Waals surface area contributed by atoms with E-state index in [1.54, 1.807) is 6.20 Å². The van der Waals surface area contributed by atoms with Crippen LogP contribution in [0.25, 0.3) is 21.7 Å². The van der Waals surface area contributed by atoms with Crippen molar-refractivity contribution in [2.24, 2.45) is 5.92 Å². The van der Waals surface area contributed by atoms with Crippen molar-refractivity contribution in [3.8, 4) is 0 Å². The molecule has 0 aliphatic carbocycles. The molecular formula is C20H22N2O2. The molecule has 1 aromatic heterocycles. The van der Waals surface area contributed by atoms with Gasteiger partial charge in [0.2, 0.25) is 0 Å². The number of aliphatic hydroxyl groups is 1. The highest BCUT2D eigenvalue weighted by molar-refractivity contribution is 6.15. The molecule has 0 radical (unpaired) electrons. The van der Waals surface area contributed by atoms with E-state index < -0.39 is 0 Å². The molecule has 3 rings (SSSR count). The third-order valence-corrected chi connectivity index (χ3v) is 4.42. The summed E-state index contributed by atoms with van der Waals surface area (Å²) in [5.74, 6) is 0.109. The molecule has 2 N–H and O–H groups in total. The highest BCUT2D eigenvalue weighted by Gasteiger charge is 2.19. The van der Waals surface area contributed by atoms with Gasteiger partial charge in [-0.05, 0) is 35.2 Å². The van der Waals surface area contributed by atoms with Gasteiger partial charge in [0.05, 0.1) is 11.1 Å². The average Bonchev–Trinajstić information content (AvgIpc) is 2.60. The van der Waals surface area contributed by atoms with Gasteiger partial charge < -0.3 is 10.4 Å². The number of hydrogen-bond donors (Lipinski definition) is 2. The Morgan fingerprint density at radius 3 is 2.67 bits per heavy atom. The molecular weight excluding hydrogens is 300 g/mol. The first-order chi connectivity index (χ1) is 11.6. The minimum Gasteiger partial charge on any atom is -0.396 e. The molecule has 124 valence electrons. The minimum atomic E-state index is -0.142. The quantitative estimate of drug-likeness (QED) is 0.706. The molecule has 4 heteroatoms. The summed E-state index contributed by atoms with van der Waals surface area (Å²) in [5.41, 5.74) is 1.29. The molecule has 1 heterocycles. The first-order valence-corrected chi connectivity index (χ1v) is 8.30. The summed E-state index contributed by atoms with van der Waals surface area (Å²) in [6.45, 7) is 4.13. The summed E-state index contributed by atoms with van der Waals surface area (Å²) in [6, 6.07) is 13.7. The molecule has 1 unspecified atom stereocenters. The smallest absolute Gasteiger partial charge is 0.253 e. The lowest BCUT2D eigenvalue weighted by Crippen LogP contribution is -2.39. The summed E-state index contributed by atoms with van der Waals surface area (Å²) in [5, 5.41) is 15.4. The van der Waals surface area contributed by atoms with Gasteiger partial charge in [-0.1, -0.05) is 44.2 Å². The highest BCUT2D eigenvalue weighted by atomic mass is 16.3. The lowest BCUT2D eigenvalue weighted by atomic mass is 9.98. The highest BCUT2D eigenvalue weighted by Crippen LogP contribution is 2.27. The van der Waals surface area contributed by atoms with Gasteiger partial charge in [0.15, 0.2) is 0 Å². The lowest BCUT2D eigenvalue weighted by Gasteiger charge is -2.22. The van der Waals surface area contributed by atoms with Gasteiger partial charge >= 0.3 is 0 Å². The predicted molar refractivity (Wildman–Crippen MR) is 97.0 cm³/mol. The number of fused-ring (bicyclic) bond motifs is 3. The van der Waals surface area contributed by atoms with Crippen LogP contribution in [0.5, 0.6) is 0 Å². The van der Waals surface area contributed by atoms with Crippen LogP contribution in [-0.4, -0.2) is 28.6 Å². The molecule has 0 saturated carbocycles. The van der Waals surface area contributed by atoms with Crippen LogP contribution >= 0.6 is 0 Å². The number of nitrogens with one attached hydrogen (secondary N) is 1. The van der Waals surface area contributed by atoms with E-state index in [2.05, 4.69) is 10.3 Å². The first kappa shape index (κ1) is 16.4. The summed E-state index contributed by atoms with van der Waals surface area (Å²) < 4.78 is 0. The molecule has 1 amide bonds. The second-order valence-electron chi connectivity index (χ2n) is 6.38. The second kappa shape index (κ2) is 6.97. The van der Waals surface area contributed by atoms with Gasteiger partial charge in [-0.3, -0.25) is 9.78 Å². The van der Waals surface area contributed by atoms with E-state index in [0.717, 1.165) is 16.2 Å². The van der Waals surface area contributed by atoms with Crippen molar-refractivity contribution in [3.63, 3.8) is 0 Å². The molecule has 3 aromatic rings. The molecule has 0 spiro atoms. The second-order valence-corrected chi connectivity index (χ2v) is 6.38. The maximum atomic E-state index is 12.9. The summed E-state index contributed by atoms with van der Waals surface area (Å²) in [7, 11) is 0. The number of benzene rings is 2. The van der Waals surface area contributed by atoms with Crippen LogP contribution in [0, 0.1) is 5.92 Å². The normalized spacial score (nSPS) is 12.7. The number of aliphatic hydroxyl groups excluding tert-OH is 1. The molecule has 24 heavy (non-hydrogen) atoms. The maximum absolute atomic E-state index is 12.9. The topological polar surface area (TPSA) is 62.2 Å². The van der Waals surface area contributed by atoms with Crippen LogP contribution in [-0.2, 0) is 0 Å². The Balaban J connectivity index is 2.09. The number of rotatable bonds is 5. The van der Waals surface area contributed by atoms with Gasteiger partial charge in [-0.2, -0.15) is 0 Å². The van der Waals surface area contributed by atoms with Crippen molar-refractivity contribution < 1.29 is 9.90 Å². The Bertz CT molecular complexity index is 874. The van der Waals surface area contributed by atoms with Crippen LogP contribution in [0.4, 0.5) is 0 Å². The standard InChI is InChI=1S/C20H22N2O2/c1-13(2)18(9-11-23)22-20(24)17-12-14-6-3-4-7-15(14)16-8-5-10-21-19(16)17/h3-8,10,12-13,18,23H,9,11H2,1-2H3,(H,22,24). The van der Waals surface area contributed by atoms with E-state index in [1.165, 1.54) is 0 Å². The lowest BCUT2D eigenvalue weighted by molar-refractivity contribution is 0.0918. The zero-order valence-corrected chi connectivity index (χ0v) is 14.0. The van der Waals surface area contributed by atoms with Gasteiger partial charge in [0.1, 0.15) is 0 Å². The average molecular weight is 322 g/mol. The fourth-order valence-corrected chi connectivity index (χ4v) is 3.06. The van der Waals surface area contributed by atoms with E-state index in [0.29, 0.717) is 17.5 Å². The summed E-state index contributed by atoms with van der Waals surface area (Å²) in [6.07, 6.45) is 2.25. The third kappa shape index (κ3) is 3.10. The van der Waals surface area contributed by atoms with Crippen LogP contribution in [0.3, 0.4) is 0 Å². The number of aromatic nitrogens is 1. The molecule has 0 bridgehead atoms. The Morgan fingerprint density at radius 2 is 1.92 bits per heavy atom. The molecule has 4 nitrogen and oxygen atoms in total. The zero-order chi connectivity index (χ0) is 17.1. The van der Waals surface area contributed by atoms with Crippen molar-refractivity contribution in [1.82, 2.24) is 10.3 Å². The summed E-state index contributed by atoms with van der Waals surface area (Å²) >= 11 is 0. The number of amides is 1. The van der Waals surface area contributed by atoms with E-state index in [4.69, 9.17) is 0 Å². The molecule has 1 atom stereocenters. The maximum Gasteiger partial charge on any atom is 0.253 e. The van der Waals surface area contributed by atoms with Crippen molar-refractivity contribution >= 4 is 27.6 Å². The fourth-order valence-electron chi connectivity index (χ4n) is 3.06. The number of carbonyl (C=O) groups is 1. The number of pyridine rings is 1. The van der Waals surface area contributed by atoms with Crippen LogP contribution in [0.15, 0.2) is 48.7 Å². The van der Waals surface area contributed by atoms with Crippen molar-refractivity contribution in [3.05, 3.63) is 54.2 Å². The third-order valence-electron chi connectivity index (χ3n) is 4.42. The summed E-state index contributed by atoms with van der Waals surface area (Å²) in [4.78, 5) is 17.3. The van der Waals surface area contributed by atoms with Crippen LogP contribution in [0.2, 0.25) is 0 Å². The Morgan fingerprint density at radius 1 is 1.17 bits per heavy atom. The van der Waals surface area contributed by atoms with Gasteiger partial charge in [-0.25, -0.2) is 0 Å². The monoisotopic (exact) mass is 322 g/mol. The van der Waals surface area contributed by atoms with Crippen LogP contribution in [0.1, 0.15) is 30.6 Å². The minimum absolute atomic E-state index is 0.0554. The van der Waals surface area contributed by atoms with Crippen molar-refractivity contribution in [2.45, 2.75) is 26.3 Å². The molecule has 2 aromatic carbocycles. The predicted octanol–water partition coefficient (Wildman–Crippen LogP) is 3.52. The zero-order valence-electron chi connectivity index (χ0n) is 14.0. The Kier molecular flexibility index (Phi) is 4.76. The number of carbonyl (C=O) groups excluding carboxylic acids is 1. The largest absolute Gasteiger partial charge is 0.396 e. The van der Waals surface area contributed by atoms with E-state index in [-0.39, 0.29) is 24.5 Å². The van der Waals surface area contributed by atoms with Crippen molar-refractivity contribution in [2.75, 3.05) is 6.61 Å². The SMILES string of the molecule is CC(C)C(CCO)NC(=O)c1cc2ccccc2c2cccnc12. The molecule has 0 aliphatic rings. The molecule has 0 saturated heterocycles. The van der Waals surface area contributed by atoms with Crippen molar-refractivity contribution in [1.29, 1.82) is 0 Å². The van der Waals surface area contributed by atoms with E-state index >= 15 is 0 Å². The molecule has 0 aliphatic heterocycles.